The van der Waals surface area contributed by atoms with Crippen LogP contribution in [0.2, 0.25) is 0 Å². The van der Waals surface area contributed by atoms with Crippen molar-refractivity contribution in [2.45, 2.75) is 33.9 Å². The molecule has 0 aliphatic carbocycles. The number of anilines is 1. The number of nitrogens with zero attached hydrogens (tertiary/aromatic N) is 2. The Morgan fingerprint density at radius 3 is 2.00 bits per heavy atom. The summed E-state index contributed by atoms with van der Waals surface area (Å²) in [5.41, 5.74) is 2.22. The lowest BCUT2D eigenvalue weighted by atomic mass is 10.1. The highest BCUT2D eigenvalue weighted by Crippen LogP contribution is 2.24. The summed E-state index contributed by atoms with van der Waals surface area (Å²) in [6, 6.07) is 3.35. The Bertz CT molecular complexity index is 455. The Kier molecular flexibility index (Phi) is 6.66. The SMILES string of the molecule is CC.Cc1cc(N2CCN(CC(F)(F)F)CC2)cc(F)c1C. The zero-order chi connectivity index (χ0) is 16.9. The quantitative estimate of drug-likeness (QED) is 0.755. The molecule has 0 spiro atoms. The molecule has 2 rings (SSSR count). The Morgan fingerprint density at radius 1 is 1.00 bits per heavy atom. The van der Waals surface area contributed by atoms with Gasteiger partial charge in [0.25, 0.3) is 0 Å². The molecule has 1 aliphatic heterocycles. The topological polar surface area (TPSA) is 6.48 Å². The summed E-state index contributed by atoms with van der Waals surface area (Å²) in [5, 5.41) is 0. The van der Waals surface area contributed by atoms with Gasteiger partial charge >= 0.3 is 6.18 Å². The number of hydrogen-bond acceptors (Lipinski definition) is 2. The molecule has 22 heavy (non-hydrogen) atoms. The van der Waals surface area contributed by atoms with Gasteiger partial charge in [0.05, 0.1) is 6.54 Å². The smallest absolute Gasteiger partial charge is 0.369 e. The largest absolute Gasteiger partial charge is 0.401 e. The van der Waals surface area contributed by atoms with E-state index in [-0.39, 0.29) is 5.82 Å². The lowest BCUT2D eigenvalue weighted by Crippen LogP contribution is -2.49. The minimum atomic E-state index is -4.16. The third-order valence-corrected chi connectivity index (χ3v) is 3.73. The molecular formula is C16H24F4N2. The van der Waals surface area contributed by atoms with Crippen LogP contribution in [0, 0.1) is 19.7 Å². The summed E-state index contributed by atoms with van der Waals surface area (Å²) in [7, 11) is 0. The van der Waals surface area contributed by atoms with Crippen LogP contribution in [0.1, 0.15) is 25.0 Å². The van der Waals surface area contributed by atoms with Crippen LogP contribution in [0.5, 0.6) is 0 Å². The van der Waals surface area contributed by atoms with E-state index < -0.39 is 12.7 Å². The van der Waals surface area contributed by atoms with Crippen LogP contribution in [0.4, 0.5) is 23.2 Å². The normalized spacial score (nSPS) is 16.3. The molecule has 0 atom stereocenters. The highest BCUT2D eigenvalue weighted by molar-refractivity contribution is 5.51. The predicted molar refractivity (Wildman–Crippen MR) is 81.9 cm³/mol. The summed E-state index contributed by atoms with van der Waals surface area (Å²) >= 11 is 0. The minimum Gasteiger partial charge on any atom is -0.369 e. The predicted octanol–water partition coefficient (Wildman–Crippen LogP) is 4.15. The zero-order valence-electron chi connectivity index (χ0n) is 13.6. The van der Waals surface area contributed by atoms with Gasteiger partial charge in [-0.25, -0.2) is 4.39 Å². The summed E-state index contributed by atoms with van der Waals surface area (Å²) in [4.78, 5) is 3.32. The fourth-order valence-corrected chi connectivity index (χ4v) is 2.40. The number of rotatable bonds is 2. The first-order chi connectivity index (χ1) is 10.3. The first kappa shape index (κ1) is 18.7. The third-order valence-electron chi connectivity index (χ3n) is 3.73. The number of alkyl halides is 3. The molecule has 0 radical (unpaired) electrons. The Morgan fingerprint density at radius 2 is 1.55 bits per heavy atom. The third kappa shape index (κ3) is 5.16. The molecule has 0 bridgehead atoms. The van der Waals surface area contributed by atoms with Crippen LogP contribution in [0.3, 0.4) is 0 Å². The molecule has 1 heterocycles. The van der Waals surface area contributed by atoms with E-state index in [1.807, 2.05) is 31.7 Å². The second kappa shape index (κ2) is 7.81. The molecule has 126 valence electrons. The van der Waals surface area contributed by atoms with Crippen LogP contribution >= 0.6 is 0 Å². The van der Waals surface area contributed by atoms with Crippen LogP contribution in [0.25, 0.3) is 0 Å². The number of benzene rings is 1. The molecule has 0 amide bonds. The molecular weight excluding hydrogens is 296 g/mol. The highest BCUT2D eigenvalue weighted by Gasteiger charge is 2.32. The molecule has 2 nitrogen and oxygen atoms in total. The fourth-order valence-electron chi connectivity index (χ4n) is 2.40. The maximum atomic E-state index is 13.7. The molecule has 0 N–H and O–H groups in total. The molecule has 6 heteroatoms. The van der Waals surface area contributed by atoms with E-state index in [9.17, 15) is 17.6 Å². The van der Waals surface area contributed by atoms with Gasteiger partial charge in [0.15, 0.2) is 0 Å². The molecule has 1 fully saturated rings. The average molecular weight is 320 g/mol. The summed E-state index contributed by atoms with van der Waals surface area (Å²) in [6.45, 7) is 8.33. The summed E-state index contributed by atoms with van der Waals surface area (Å²) in [6.07, 6.45) is -4.16. The van der Waals surface area contributed by atoms with Crippen molar-refractivity contribution in [3.8, 4) is 0 Å². The van der Waals surface area contributed by atoms with Crippen molar-refractivity contribution in [1.82, 2.24) is 4.90 Å². The first-order valence-electron chi connectivity index (χ1n) is 7.57. The Balaban J connectivity index is 0.00000116. The van der Waals surface area contributed by atoms with Gasteiger partial charge in [-0.2, -0.15) is 13.2 Å². The highest BCUT2D eigenvalue weighted by atomic mass is 19.4. The number of hydrogen-bond donors (Lipinski definition) is 0. The first-order valence-corrected chi connectivity index (χ1v) is 7.57. The molecule has 0 aromatic heterocycles. The van der Waals surface area contributed by atoms with Crippen LogP contribution < -0.4 is 4.90 Å². The van der Waals surface area contributed by atoms with Gasteiger partial charge in [-0.15, -0.1) is 0 Å². The van der Waals surface area contributed by atoms with Crippen LogP contribution in [0.15, 0.2) is 12.1 Å². The lowest BCUT2D eigenvalue weighted by molar-refractivity contribution is -0.146. The van der Waals surface area contributed by atoms with E-state index in [2.05, 4.69) is 0 Å². The van der Waals surface area contributed by atoms with E-state index >= 15 is 0 Å². The molecule has 1 saturated heterocycles. The van der Waals surface area contributed by atoms with Gasteiger partial charge in [0, 0.05) is 31.9 Å². The zero-order valence-corrected chi connectivity index (χ0v) is 13.6. The van der Waals surface area contributed by atoms with Crippen molar-refractivity contribution >= 4 is 5.69 Å². The fraction of sp³-hybridized carbons (Fsp3) is 0.625. The second-order valence-electron chi connectivity index (χ2n) is 5.25. The van der Waals surface area contributed by atoms with Crippen molar-refractivity contribution in [3.05, 3.63) is 29.1 Å². The number of piperazine rings is 1. The van der Waals surface area contributed by atoms with Crippen LogP contribution in [-0.2, 0) is 0 Å². The van der Waals surface area contributed by atoms with Gasteiger partial charge in [-0.3, -0.25) is 4.90 Å². The van der Waals surface area contributed by atoms with Crippen molar-refractivity contribution < 1.29 is 17.6 Å². The number of aryl methyl sites for hydroxylation is 1. The monoisotopic (exact) mass is 320 g/mol. The lowest BCUT2D eigenvalue weighted by Gasteiger charge is -2.36. The minimum absolute atomic E-state index is 0.266. The standard InChI is InChI=1S/C14H18F4N2.C2H6/c1-10-7-12(8-13(15)11(10)2)20-5-3-19(4-6-20)9-14(16,17)18;1-2/h7-8H,3-6,9H2,1-2H3;1-2H3. The maximum Gasteiger partial charge on any atom is 0.401 e. The molecule has 1 aromatic carbocycles. The van der Waals surface area contributed by atoms with E-state index in [0.29, 0.717) is 31.7 Å². The van der Waals surface area contributed by atoms with E-state index in [4.69, 9.17) is 0 Å². The molecule has 1 aliphatic rings. The van der Waals surface area contributed by atoms with E-state index in [1.165, 1.54) is 11.0 Å². The Labute approximate surface area is 129 Å². The maximum absolute atomic E-state index is 13.7. The Hall–Kier alpha value is -1.30. The number of halogens is 4. The van der Waals surface area contributed by atoms with Crippen molar-refractivity contribution in [2.75, 3.05) is 37.6 Å². The molecule has 1 aromatic rings. The van der Waals surface area contributed by atoms with Crippen molar-refractivity contribution in [3.63, 3.8) is 0 Å². The van der Waals surface area contributed by atoms with Crippen molar-refractivity contribution in [1.29, 1.82) is 0 Å². The van der Waals surface area contributed by atoms with Gasteiger partial charge in [-0.1, -0.05) is 13.8 Å². The van der Waals surface area contributed by atoms with E-state index in [0.717, 1.165) is 11.3 Å². The van der Waals surface area contributed by atoms with Gasteiger partial charge in [0.1, 0.15) is 5.82 Å². The second-order valence-corrected chi connectivity index (χ2v) is 5.25. The van der Waals surface area contributed by atoms with Crippen LogP contribution in [-0.4, -0.2) is 43.8 Å². The molecule has 0 unspecified atom stereocenters. The summed E-state index contributed by atoms with van der Waals surface area (Å²) in [5.74, 6) is -0.266. The van der Waals surface area contributed by atoms with Gasteiger partial charge in [-0.05, 0) is 37.1 Å². The molecule has 0 saturated carbocycles. The average Bonchev–Trinajstić information content (AvgIpc) is 2.45. The van der Waals surface area contributed by atoms with Gasteiger partial charge in [0.2, 0.25) is 0 Å². The summed E-state index contributed by atoms with van der Waals surface area (Å²) < 4.78 is 50.6. The van der Waals surface area contributed by atoms with Gasteiger partial charge < -0.3 is 4.90 Å². The van der Waals surface area contributed by atoms with E-state index in [1.54, 1.807) is 6.92 Å². The van der Waals surface area contributed by atoms with Crippen molar-refractivity contribution in [2.24, 2.45) is 0 Å².